The predicted octanol–water partition coefficient (Wildman–Crippen LogP) is 1.61. The molecule has 0 bridgehead atoms. The maximum atomic E-state index is 12.6. The first-order valence-corrected chi connectivity index (χ1v) is 8.32. The van der Waals surface area contributed by atoms with Gasteiger partial charge in [0, 0.05) is 38.3 Å². The molecule has 0 fully saturated rings. The van der Waals surface area contributed by atoms with Gasteiger partial charge in [-0.3, -0.25) is 9.48 Å². The summed E-state index contributed by atoms with van der Waals surface area (Å²) in [5.41, 5.74) is 7.30. The van der Waals surface area contributed by atoms with Crippen LogP contribution in [0.15, 0.2) is 42.7 Å². The molecule has 2 aromatic rings. The second kappa shape index (κ2) is 8.86. The number of nitrogens with one attached hydrogen (secondary N) is 1. The number of primary amides is 1. The Balaban J connectivity index is 1.97. The number of amides is 3. The summed E-state index contributed by atoms with van der Waals surface area (Å²) in [5, 5.41) is 7.07. The summed E-state index contributed by atoms with van der Waals surface area (Å²) in [6.07, 6.45) is 4.45. The summed E-state index contributed by atoms with van der Waals surface area (Å²) in [6, 6.07) is 9.53. The minimum atomic E-state index is -0.419. The van der Waals surface area contributed by atoms with Gasteiger partial charge in [-0.25, -0.2) is 4.79 Å². The van der Waals surface area contributed by atoms with Crippen LogP contribution in [0.5, 0.6) is 0 Å². The van der Waals surface area contributed by atoms with E-state index in [1.807, 2.05) is 50.5 Å². The molecule has 0 aliphatic heterocycles. The smallest absolute Gasteiger partial charge is 0.317 e. The van der Waals surface area contributed by atoms with Crippen molar-refractivity contribution in [2.45, 2.75) is 25.8 Å². The lowest BCUT2D eigenvalue weighted by Crippen LogP contribution is -2.43. The third-order valence-electron chi connectivity index (χ3n) is 3.99. The molecule has 0 spiro atoms. The Labute approximate surface area is 147 Å². The first-order valence-electron chi connectivity index (χ1n) is 8.32. The molecule has 25 heavy (non-hydrogen) atoms. The Bertz CT molecular complexity index is 699. The summed E-state index contributed by atoms with van der Waals surface area (Å²) in [4.78, 5) is 25.3. The lowest BCUT2D eigenvalue weighted by atomic mass is 10.1. The van der Waals surface area contributed by atoms with Crippen molar-refractivity contribution in [2.75, 3.05) is 13.1 Å². The molecule has 7 heteroatoms. The average molecular weight is 343 g/mol. The summed E-state index contributed by atoms with van der Waals surface area (Å²) in [6.45, 7) is 2.72. The van der Waals surface area contributed by atoms with Gasteiger partial charge < -0.3 is 16.0 Å². The number of hydrogen-bond donors (Lipinski definition) is 2. The number of urea groups is 1. The van der Waals surface area contributed by atoms with E-state index in [2.05, 4.69) is 10.4 Å². The zero-order valence-electron chi connectivity index (χ0n) is 14.7. The molecule has 0 radical (unpaired) electrons. The van der Waals surface area contributed by atoms with Crippen molar-refractivity contribution >= 4 is 11.9 Å². The van der Waals surface area contributed by atoms with E-state index in [9.17, 15) is 9.59 Å². The molecule has 1 aromatic heterocycles. The van der Waals surface area contributed by atoms with Crippen LogP contribution < -0.4 is 11.1 Å². The summed E-state index contributed by atoms with van der Waals surface area (Å²) >= 11 is 0. The predicted molar refractivity (Wildman–Crippen MR) is 95.7 cm³/mol. The number of rotatable bonds is 8. The topological polar surface area (TPSA) is 93.2 Å². The lowest BCUT2D eigenvalue weighted by molar-refractivity contribution is -0.118. The monoisotopic (exact) mass is 343 g/mol. The van der Waals surface area contributed by atoms with Crippen LogP contribution in [-0.2, 0) is 18.3 Å². The standard InChI is InChI=1S/C18H25N5O2/c1-14(16-12-20-22(2)13-16)21-18(25)23(11-9-17(19)24)10-8-15-6-4-3-5-7-15/h3-7,12-14H,8-11H2,1-2H3,(H2,19,24)(H,21,25). The summed E-state index contributed by atoms with van der Waals surface area (Å²) < 4.78 is 1.69. The van der Waals surface area contributed by atoms with Crippen molar-refractivity contribution in [1.82, 2.24) is 20.0 Å². The largest absolute Gasteiger partial charge is 0.370 e. The second-order valence-electron chi connectivity index (χ2n) is 6.06. The molecular weight excluding hydrogens is 318 g/mol. The van der Waals surface area contributed by atoms with Crippen molar-refractivity contribution in [3.63, 3.8) is 0 Å². The third kappa shape index (κ3) is 5.95. The average Bonchev–Trinajstić information content (AvgIpc) is 3.02. The van der Waals surface area contributed by atoms with Crippen LogP contribution in [0.1, 0.15) is 30.5 Å². The van der Waals surface area contributed by atoms with Crippen LogP contribution in [0.3, 0.4) is 0 Å². The van der Waals surface area contributed by atoms with E-state index in [1.165, 1.54) is 0 Å². The van der Waals surface area contributed by atoms with E-state index in [0.29, 0.717) is 19.5 Å². The zero-order chi connectivity index (χ0) is 18.2. The van der Waals surface area contributed by atoms with Crippen LogP contribution in [0.25, 0.3) is 0 Å². The molecular formula is C18H25N5O2. The first-order chi connectivity index (χ1) is 12.0. The van der Waals surface area contributed by atoms with Gasteiger partial charge in [-0.05, 0) is 18.9 Å². The van der Waals surface area contributed by atoms with Crippen LogP contribution in [-0.4, -0.2) is 39.7 Å². The van der Waals surface area contributed by atoms with Gasteiger partial charge in [0.2, 0.25) is 5.91 Å². The molecule has 0 saturated heterocycles. The van der Waals surface area contributed by atoms with Gasteiger partial charge in [0.15, 0.2) is 0 Å². The second-order valence-corrected chi connectivity index (χ2v) is 6.06. The fourth-order valence-corrected chi connectivity index (χ4v) is 2.49. The zero-order valence-corrected chi connectivity index (χ0v) is 14.7. The molecule has 2 rings (SSSR count). The van der Waals surface area contributed by atoms with E-state index >= 15 is 0 Å². The van der Waals surface area contributed by atoms with Crippen LogP contribution >= 0.6 is 0 Å². The van der Waals surface area contributed by atoms with Crippen molar-refractivity contribution in [3.05, 3.63) is 53.9 Å². The number of aryl methyl sites for hydroxylation is 1. The summed E-state index contributed by atoms with van der Waals surface area (Å²) in [7, 11) is 1.83. The number of nitrogens with zero attached hydrogens (tertiary/aromatic N) is 3. The van der Waals surface area contributed by atoms with Crippen LogP contribution in [0, 0.1) is 0 Å². The summed E-state index contributed by atoms with van der Waals surface area (Å²) in [5.74, 6) is -0.419. The van der Waals surface area contributed by atoms with Gasteiger partial charge in [0.05, 0.1) is 12.2 Å². The molecule has 1 aromatic carbocycles. The van der Waals surface area contributed by atoms with Gasteiger partial charge in [-0.15, -0.1) is 0 Å². The van der Waals surface area contributed by atoms with E-state index < -0.39 is 5.91 Å². The van der Waals surface area contributed by atoms with E-state index in [4.69, 9.17) is 5.73 Å². The molecule has 1 atom stereocenters. The molecule has 134 valence electrons. The maximum Gasteiger partial charge on any atom is 0.317 e. The fraction of sp³-hybridized carbons (Fsp3) is 0.389. The number of carbonyl (C=O) groups is 2. The van der Waals surface area contributed by atoms with Gasteiger partial charge in [0.25, 0.3) is 0 Å². The van der Waals surface area contributed by atoms with E-state index in [-0.39, 0.29) is 18.5 Å². The Morgan fingerprint density at radius 2 is 2.00 bits per heavy atom. The third-order valence-corrected chi connectivity index (χ3v) is 3.99. The molecule has 7 nitrogen and oxygen atoms in total. The van der Waals surface area contributed by atoms with Crippen LogP contribution in [0.4, 0.5) is 4.79 Å². The Morgan fingerprint density at radius 1 is 1.28 bits per heavy atom. The van der Waals surface area contributed by atoms with Gasteiger partial charge in [0.1, 0.15) is 0 Å². The highest BCUT2D eigenvalue weighted by Crippen LogP contribution is 2.11. The number of nitrogens with two attached hydrogens (primary N) is 1. The Hall–Kier alpha value is -2.83. The quantitative estimate of drug-likeness (QED) is 0.762. The minimum absolute atomic E-state index is 0.142. The number of benzene rings is 1. The molecule has 0 aliphatic carbocycles. The highest BCUT2D eigenvalue weighted by molar-refractivity contribution is 5.77. The molecule has 3 amide bonds. The lowest BCUT2D eigenvalue weighted by Gasteiger charge is -2.24. The van der Waals surface area contributed by atoms with Crippen molar-refractivity contribution in [2.24, 2.45) is 12.8 Å². The van der Waals surface area contributed by atoms with Gasteiger partial charge >= 0.3 is 6.03 Å². The fourth-order valence-electron chi connectivity index (χ4n) is 2.49. The normalized spacial score (nSPS) is 11.8. The molecule has 3 N–H and O–H groups in total. The maximum absolute atomic E-state index is 12.6. The number of carbonyl (C=O) groups excluding carboxylic acids is 2. The molecule has 0 saturated carbocycles. The Kier molecular flexibility index (Phi) is 6.56. The van der Waals surface area contributed by atoms with E-state index in [1.54, 1.807) is 15.8 Å². The first kappa shape index (κ1) is 18.5. The SMILES string of the molecule is CC(NC(=O)N(CCC(N)=O)CCc1ccccc1)c1cnn(C)c1. The molecule has 1 heterocycles. The highest BCUT2D eigenvalue weighted by Gasteiger charge is 2.18. The van der Waals surface area contributed by atoms with Crippen molar-refractivity contribution in [3.8, 4) is 0 Å². The minimum Gasteiger partial charge on any atom is -0.370 e. The van der Waals surface area contributed by atoms with Crippen molar-refractivity contribution in [1.29, 1.82) is 0 Å². The number of aromatic nitrogens is 2. The molecule has 1 unspecified atom stereocenters. The highest BCUT2D eigenvalue weighted by atomic mass is 16.2. The van der Waals surface area contributed by atoms with E-state index in [0.717, 1.165) is 11.1 Å². The number of hydrogen-bond acceptors (Lipinski definition) is 3. The Morgan fingerprint density at radius 3 is 2.60 bits per heavy atom. The van der Waals surface area contributed by atoms with Gasteiger partial charge in [-0.2, -0.15) is 5.10 Å². The molecule has 0 aliphatic rings. The van der Waals surface area contributed by atoms with Gasteiger partial charge in [-0.1, -0.05) is 30.3 Å². The van der Waals surface area contributed by atoms with Crippen LogP contribution in [0.2, 0.25) is 0 Å². The van der Waals surface area contributed by atoms with Crippen molar-refractivity contribution < 1.29 is 9.59 Å².